The number of benzene rings is 3. The zero-order valence-corrected chi connectivity index (χ0v) is 24.5. The number of halogens is 4. The van der Waals surface area contributed by atoms with Crippen molar-refractivity contribution in [1.82, 2.24) is 4.90 Å². The van der Waals surface area contributed by atoms with Crippen LogP contribution in [0.4, 0.5) is 0 Å². The molecular weight excluding hydrogens is 608 g/mol. The summed E-state index contributed by atoms with van der Waals surface area (Å²) in [6, 6.07) is 20.9. The van der Waals surface area contributed by atoms with Crippen molar-refractivity contribution in [2.24, 2.45) is 11.8 Å². The van der Waals surface area contributed by atoms with Crippen LogP contribution in [0.5, 0.6) is 0 Å². The maximum Gasteiger partial charge on any atom is 0.308 e. The van der Waals surface area contributed by atoms with Gasteiger partial charge in [-0.05, 0) is 46.5 Å². The molecule has 3 aliphatic carbocycles. The summed E-state index contributed by atoms with van der Waals surface area (Å²) in [5.74, 6) is -3.97. The Morgan fingerprint density at radius 2 is 1.27 bits per heavy atom. The Morgan fingerprint density at radius 1 is 0.805 bits per heavy atom. The third-order valence-corrected chi connectivity index (χ3v) is 10.0. The number of ketones is 1. The van der Waals surface area contributed by atoms with Crippen LogP contribution >= 0.6 is 46.4 Å². The van der Waals surface area contributed by atoms with Gasteiger partial charge in [-0.25, -0.2) is 0 Å². The fourth-order valence-electron chi connectivity index (χ4n) is 6.51. The van der Waals surface area contributed by atoms with E-state index in [0.717, 1.165) is 4.90 Å². The second-order valence-corrected chi connectivity index (χ2v) is 12.4. The number of likely N-dealkylation sites (tertiary alicyclic amines) is 1. The number of esters is 1. The van der Waals surface area contributed by atoms with E-state index >= 15 is 0 Å². The van der Waals surface area contributed by atoms with Crippen LogP contribution in [0.2, 0.25) is 5.02 Å². The molecule has 10 heteroatoms. The lowest BCUT2D eigenvalue weighted by molar-refractivity contribution is -0.148. The van der Waals surface area contributed by atoms with Gasteiger partial charge >= 0.3 is 5.97 Å². The molecule has 0 spiro atoms. The predicted molar refractivity (Wildman–Crippen MR) is 155 cm³/mol. The number of carbonyl (C=O) groups excluding carboxylic acids is 4. The SMILES string of the molecule is O=C(CCN1C(=O)[C@@H]2[C@@H](C1=O)C1(Cl)c3ccccc3C2(Cl)c2ccccc21)O[C@H](CCCl)C(=O)c1ccc(Cl)cc1. The van der Waals surface area contributed by atoms with Crippen molar-refractivity contribution in [3.8, 4) is 0 Å². The van der Waals surface area contributed by atoms with E-state index in [4.69, 9.17) is 51.1 Å². The van der Waals surface area contributed by atoms with E-state index in [1.54, 1.807) is 12.1 Å². The fourth-order valence-corrected chi connectivity index (χ4v) is 7.93. The second kappa shape index (κ2) is 10.4. The summed E-state index contributed by atoms with van der Waals surface area (Å²) in [6.07, 6.45) is -1.33. The Bertz CT molecular complexity index is 1470. The largest absolute Gasteiger partial charge is 0.454 e. The van der Waals surface area contributed by atoms with Gasteiger partial charge in [-0.15, -0.1) is 34.8 Å². The molecule has 4 aliphatic rings. The van der Waals surface area contributed by atoms with Crippen LogP contribution in [0.25, 0.3) is 0 Å². The molecule has 0 radical (unpaired) electrons. The smallest absolute Gasteiger partial charge is 0.308 e. The van der Waals surface area contributed by atoms with Crippen LogP contribution in [0.3, 0.4) is 0 Å². The van der Waals surface area contributed by atoms with Crippen molar-refractivity contribution in [2.45, 2.75) is 28.7 Å². The summed E-state index contributed by atoms with van der Waals surface area (Å²) in [5, 5.41) is 0.463. The van der Waals surface area contributed by atoms with Crippen LogP contribution in [0.1, 0.15) is 45.5 Å². The number of nitrogens with zero attached hydrogens (tertiary/aromatic N) is 1. The lowest BCUT2D eigenvalue weighted by Crippen LogP contribution is -2.57. The molecule has 0 unspecified atom stereocenters. The van der Waals surface area contributed by atoms with Gasteiger partial charge in [0.1, 0.15) is 9.75 Å². The molecule has 2 amide bonds. The first kappa shape index (κ1) is 28.2. The molecule has 1 saturated heterocycles. The van der Waals surface area contributed by atoms with Crippen LogP contribution < -0.4 is 0 Å². The first-order valence-corrected chi connectivity index (χ1v) is 14.8. The van der Waals surface area contributed by atoms with Crippen molar-refractivity contribution >= 4 is 70.0 Å². The molecule has 3 atom stereocenters. The Morgan fingerprint density at radius 3 is 1.71 bits per heavy atom. The van der Waals surface area contributed by atoms with E-state index < -0.39 is 51.3 Å². The number of Topliss-reactive ketones (excluding diaryl/α,β-unsaturated/α-hetero) is 1. The number of alkyl halides is 3. The molecule has 3 aromatic carbocycles. The summed E-state index contributed by atoms with van der Waals surface area (Å²) in [4.78, 5) is 52.1. The van der Waals surface area contributed by atoms with Gasteiger partial charge in [0.25, 0.3) is 0 Å². The molecule has 6 nitrogen and oxygen atoms in total. The summed E-state index contributed by atoms with van der Waals surface area (Å²) < 4.78 is 5.47. The Labute approximate surface area is 256 Å². The van der Waals surface area contributed by atoms with Crippen molar-refractivity contribution in [1.29, 1.82) is 0 Å². The Kier molecular flexibility index (Phi) is 7.18. The maximum absolute atomic E-state index is 13.9. The molecule has 1 aliphatic heterocycles. The normalized spacial score (nSPS) is 26.3. The van der Waals surface area contributed by atoms with E-state index in [-0.39, 0.29) is 25.3 Å². The van der Waals surface area contributed by atoms with Gasteiger partial charge in [0.15, 0.2) is 6.10 Å². The number of hydrogen-bond acceptors (Lipinski definition) is 5. The first-order valence-electron chi connectivity index (χ1n) is 13.1. The van der Waals surface area contributed by atoms with E-state index in [0.29, 0.717) is 32.8 Å². The lowest BCUT2D eigenvalue weighted by atomic mass is 9.54. The number of imide groups is 1. The quantitative estimate of drug-likeness (QED) is 0.131. The fraction of sp³-hybridized carbons (Fsp3) is 0.290. The number of hydrogen-bond donors (Lipinski definition) is 0. The Balaban J connectivity index is 1.25. The molecule has 210 valence electrons. The molecule has 0 saturated carbocycles. The van der Waals surface area contributed by atoms with E-state index in [1.807, 2.05) is 48.5 Å². The van der Waals surface area contributed by atoms with Gasteiger partial charge in [-0.1, -0.05) is 60.1 Å². The van der Waals surface area contributed by atoms with Crippen molar-refractivity contribution in [3.63, 3.8) is 0 Å². The predicted octanol–water partition coefficient (Wildman–Crippen LogP) is 6.05. The van der Waals surface area contributed by atoms with Gasteiger partial charge in [-0.2, -0.15) is 0 Å². The van der Waals surface area contributed by atoms with Crippen LogP contribution in [-0.2, 0) is 28.9 Å². The highest BCUT2D eigenvalue weighted by Crippen LogP contribution is 2.69. The molecule has 1 fully saturated rings. The number of ether oxygens (including phenoxy) is 1. The van der Waals surface area contributed by atoms with E-state index in [9.17, 15) is 19.2 Å². The average Bonchev–Trinajstić information content (AvgIpc) is 3.24. The number of carbonyl (C=O) groups is 4. The van der Waals surface area contributed by atoms with Gasteiger partial charge < -0.3 is 4.74 Å². The zero-order valence-electron chi connectivity index (χ0n) is 21.5. The maximum atomic E-state index is 13.9. The van der Waals surface area contributed by atoms with Crippen molar-refractivity contribution in [2.75, 3.05) is 12.4 Å². The molecule has 2 bridgehead atoms. The first-order chi connectivity index (χ1) is 19.6. The van der Waals surface area contributed by atoms with Crippen molar-refractivity contribution in [3.05, 3.63) is 106 Å². The van der Waals surface area contributed by atoms with Gasteiger partial charge in [0.05, 0.1) is 18.3 Å². The minimum atomic E-state index is -1.30. The zero-order chi connectivity index (χ0) is 29.1. The summed E-state index contributed by atoms with van der Waals surface area (Å²) >= 11 is 26.6. The lowest BCUT2D eigenvalue weighted by Gasteiger charge is -2.54. The van der Waals surface area contributed by atoms with Crippen LogP contribution in [0, 0.1) is 11.8 Å². The second-order valence-electron chi connectivity index (χ2n) is 10.4. The molecular formula is C31H23Cl4NO5. The van der Waals surface area contributed by atoms with E-state index in [1.165, 1.54) is 12.1 Å². The number of amides is 2. The number of rotatable bonds is 8. The van der Waals surface area contributed by atoms with Gasteiger partial charge in [-0.3, -0.25) is 24.1 Å². The van der Waals surface area contributed by atoms with E-state index in [2.05, 4.69) is 0 Å². The summed E-state index contributed by atoms with van der Waals surface area (Å²) in [5.41, 5.74) is 3.11. The Hall–Kier alpha value is -2.90. The van der Waals surface area contributed by atoms with Gasteiger partial charge in [0, 0.05) is 29.4 Å². The summed E-state index contributed by atoms with van der Waals surface area (Å²) in [6.45, 7) is -0.237. The van der Waals surface area contributed by atoms with Crippen molar-refractivity contribution < 1.29 is 23.9 Å². The highest BCUT2D eigenvalue weighted by molar-refractivity contribution is 6.36. The van der Waals surface area contributed by atoms with Crippen LogP contribution in [-0.4, -0.2) is 47.0 Å². The third-order valence-electron chi connectivity index (χ3n) is 8.28. The van der Waals surface area contributed by atoms with Gasteiger partial charge in [0.2, 0.25) is 17.6 Å². The molecule has 1 heterocycles. The standard InChI is InChI=1S/C31H23Cl4NO5/c32-15-13-23(27(38)17-9-11-18(33)12-10-17)41-24(37)14-16-36-28(39)25-26(29(36)40)31(35)20-6-2-1-5-19(20)30(25,34)21-7-3-4-8-22(21)31/h1-12,23,25-26H,13-16H2/t23-,25+,26+,30?,31?/m1/s1. The molecule has 3 aromatic rings. The highest BCUT2D eigenvalue weighted by Gasteiger charge is 2.72. The topological polar surface area (TPSA) is 80.8 Å². The minimum Gasteiger partial charge on any atom is -0.454 e. The molecule has 0 aromatic heterocycles. The summed E-state index contributed by atoms with van der Waals surface area (Å²) in [7, 11) is 0. The van der Waals surface area contributed by atoms with Crippen LogP contribution in [0.15, 0.2) is 72.8 Å². The minimum absolute atomic E-state index is 0.0838. The third kappa shape index (κ3) is 4.14. The molecule has 7 rings (SSSR count). The average molecular weight is 631 g/mol. The highest BCUT2D eigenvalue weighted by atomic mass is 35.5. The molecule has 41 heavy (non-hydrogen) atoms. The monoisotopic (exact) mass is 629 g/mol. The molecule has 0 N–H and O–H groups in total.